The number of rotatable bonds is 5. The van der Waals surface area contributed by atoms with Gasteiger partial charge < -0.3 is 10.2 Å². The maximum Gasteiger partial charge on any atom is 0.239 e. The van der Waals surface area contributed by atoms with E-state index in [2.05, 4.69) is 15.3 Å². The molecule has 0 radical (unpaired) electrons. The Labute approximate surface area is 139 Å². The maximum atomic E-state index is 13.6. The highest BCUT2D eigenvalue weighted by molar-refractivity contribution is 5.91. The van der Waals surface area contributed by atoms with Crippen LogP contribution >= 0.6 is 0 Å². The fourth-order valence-electron chi connectivity index (χ4n) is 2.48. The zero-order valence-electron chi connectivity index (χ0n) is 13.2. The number of halogens is 1. The van der Waals surface area contributed by atoms with E-state index in [1.807, 2.05) is 24.3 Å². The molecule has 1 N–H and O–H groups in total. The first-order valence-electron chi connectivity index (χ1n) is 7.56. The third kappa shape index (κ3) is 3.48. The first kappa shape index (κ1) is 15.9. The van der Waals surface area contributed by atoms with Gasteiger partial charge in [-0.2, -0.15) is 0 Å². The highest BCUT2D eigenvalue weighted by Gasteiger charge is 2.12. The lowest BCUT2D eigenvalue weighted by molar-refractivity contribution is -0.119. The van der Waals surface area contributed by atoms with Crippen molar-refractivity contribution < 1.29 is 9.18 Å². The average Bonchev–Trinajstić information content (AvgIpc) is 2.60. The van der Waals surface area contributed by atoms with Gasteiger partial charge in [-0.25, -0.2) is 14.4 Å². The van der Waals surface area contributed by atoms with Crippen LogP contribution in [0.4, 0.5) is 10.2 Å². The predicted octanol–water partition coefficient (Wildman–Crippen LogP) is 2.52. The van der Waals surface area contributed by atoms with Crippen molar-refractivity contribution in [3.05, 3.63) is 66.2 Å². The van der Waals surface area contributed by atoms with E-state index in [-0.39, 0.29) is 24.8 Å². The number of hydrogen-bond acceptors (Lipinski definition) is 4. The molecule has 1 amide bonds. The van der Waals surface area contributed by atoms with Gasteiger partial charge in [0.1, 0.15) is 18.0 Å². The van der Waals surface area contributed by atoms with Crippen molar-refractivity contribution in [1.29, 1.82) is 0 Å². The molecule has 0 bridgehead atoms. The quantitative estimate of drug-likeness (QED) is 0.783. The van der Waals surface area contributed by atoms with Crippen molar-refractivity contribution in [2.24, 2.45) is 0 Å². The third-order valence-corrected chi connectivity index (χ3v) is 3.70. The molecular formula is C18H17FN4O. The van der Waals surface area contributed by atoms with Gasteiger partial charge in [0.2, 0.25) is 5.91 Å². The van der Waals surface area contributed by atoms with E-state index in [0.717, 1.165) is 10.9 Å². The number of para-hydroxylation sites is 1. The SMILES string of the molecule is CN(CC(=O)NCc1ccccc1F)c1ncnc2ccccc12. The van der Waals surface area contributed by atoms with Crippen LogP contribution in [0, 0.1) is 5.82 Å². The molecule has 0 fully saturated rings. The van der Waals surface area contributed by atoms with E-state index < -0.39 is 0 Å². The van der Waals surface area contributed by atoms with Crippen molar-refractivity contribution in [3.63, 3.8) is 0 Å². The lowest BCUT2D eigenvalue weighted by Gasteiger charge is -2.19. The van der Waals surface area contributed by atoms with Gasteiger partial charge in [0.15, 0.2) is 0 Å². The minimum absolute atomic E-state index is 0.120. The number of benzene rings is 2. The molecule has 5 nitrogen and oxygen atoms in total. The monoisotopic (exact) mass is 324 g/mol. The summed E-state index contributed by atoms with van der Waals surface area (Å²) in [6, 6.07) is 14.0. The normalized spacial score (nSPS) is 10.6. The minimum atomic E-state index is -0.326. The van der Waals surface area contributed by atoms with Crippen LogP contribution in [0.1, 0.15) is 5.56 Å². The number of hydrogen-bond donors (Lipinski definition) is 1. The number of fused-ring (bicyclic) bond motifs is 1. The Bertz CT molecular complexity index is 863. The molecule has 0 unspecified atom stereocenters. The van der Waals surface area contributed by atoms with Gasteiger partial charge in [-0.05, 0) is 18.2 Å². The number of aromatic nitrogens is 2. The summed E-state index contributed by atoms with van der Waals surface area (Å²) in [5.41, 5.74) is 1.28. The second kappa shape index (κ2) is 7.04. The Morgan fingerprint density at radius 1 is 1.12 bits per heavy atom. The molecule has 6 heteroatoms. The number of amides is 1. The van der Waals surface area contributed by atoms with Crippen LogP contribution in [0.15, 0.2) is 54.9 Å². The summed E-state index contributed by atoms with van der Waals surface area (Å²) in [4.78, 5) is 22.4. The highest BCUT2D eigenvalue weighted by Crippen LogP contribution is 2.21. The zero-order valence-corrected chi connectivity index (χ0v) is 13.2. The second-order valence-corrected chi connectivity index (χ2v) is 5.44. The molecule has 2 aromatic carbocycles. The standard InChI is InChI=1S/C18H17FN4O/c1-23(18-14-7-3-5-9-16(14)21-12-22-18)11-17(24)20-10-13-6-2-4-8-15(13)19/h2-9,12H,10-11H2,1H3,(H,20,24). The Morgan fingerprint density at radius 2 is 1.88 bits per heavy atom. The van der Waals surface area contributed by atoms with E-state index in [0.29, 0.717) is 11.4 Å². The average molecular weight is 324 g/mol. The molecule has 0 saturated heterocycles. The van der Waals surface area contributed by atoms with Crippen molar-refractivity contribution >= 4 is 22.6 Å². The summed E-state index contributed by atoms with van der Waals surface area (Å²) < 4.78 is 13.6. The molecule has 0 atom stereocenters. The Kier molecular flexibility index (Phi) is 4.65. The van der Waals surface area contributed by atoms with Crippen molar-refractivity contribution in [3.8, 4) is 0 Å². The van der Waals surface area contributed by atoms with Gasteiger partial charge in [-0.1, -0.05) is 30.3 Å². The Morgan fingerprint density at radius 3 is 2.71 bits per heavy atom. The molecule has 1 aromatic heterocycles. The third-order valence-electron chi connectivity index (χ3n) is 3.70. The molecule has 3 aromatic rings. The van der Waals surface area contributed by atoms with E-state index >= 15 is 0 Å². The first-order chi connectivity index (χ1) is 11.6. The van der Waals surface area contributed by atoms with Gasteiger partial charge in [0.05, 0.1) is 12.1 Å². The van der Waals surface area contributed by atoms with E-state index in [1.54, 1.807) is 30.1 Å². The van der Waals surface area contributed by atoms with Gasteiger partial charge >= 0.3 is 0 Å². The van der Waals surface area contributed by atoms with E-state index in [4.69, 9.17) is 0 Å². The fourth-order valence-corrected chi connectivity index (χ4v) is 2.48. The number of carbonyl (C=O) groups excluding carboxylic acids is 1. The second-order valence-electron chi connectivity index (χ2n) is 5.44. The maximum absolute atomic E-state index is 13.6. The molecule has 24 heavy (non-hydrogen) atoms. The van der Waals surface area contributed by atoms with Crippen molar-refractivity contribution in [2.45, 2.75) is 6.54 Å². The molecule has 3 rings (SSSR count). The lowest BCUT2D eigenvalue weighted by atomic mass is 10.2. The molecule has 0 aliphatic carbocycles. The molecule has 0 aliphatic heterocycles. The van der Waals surface area contributed by atoms with E-state index in [1.165, 1.54) is 12.4 Å². The predicted molar refractivity (Wildman–Crippen MR) is 91.1 cm³/mol. The topological polar surface area (TPSA) is 58.1 Å². The Hall–Kier alpha value is -3.02. The van der Waals surface area contributed by atoms with Crippen LogP contribution in [0.5, 0.6) is 0 Å². The number of nitrogens with one attached hydrogen (secondary N) is 1. The van der Waals surface area contributed by atoms with E-state index in [9.17, 15) is 9.18 Å². The van der Waals surface area contributed by atoms with Crippen LogP contribution in [0.25, 0.3) is 10.9 Å². The van der Waals surface area contributed by atoms with Crippen LogP contribution < -0.4 is 10.2 Å². The van der Waals surface area contributed by atoms with Crippen LogP contribution in [-0.2, 0) is 11.3 Å². The largest absolute Gasteiger partial charge is 0.350 e. The van der Waals surface area contributed by atoms with Crippen LogP contribution in [0.3, 0.4) is 0 Å². The minimum Gasteiger partial charge on any atom is -0.350 e. The summed E-state index contributed by atoms with van der Waals surface area (Å²) >= 11 is 0. The lowest BCUT2D eigenvalue weighted by Crippen LogP contribution is -2.35. The van der Waals surface area contributed by atoms with Crippen LogP contribution in [0.2, 0.25) is 0 Å². The van der Waals surface area contributed by atoms with Crippen molar-refractivity contribution in [1.82, 2.24) is 15.3 Å². The van der Waals surface area contributed by atoms with Gasteiger partial charge in [-0.3, -0.25) is 4.79 Å². The number of carbonyl (C=O) groups is 1. The Balaban J connectivity index is 1.67. The zero-order chi connectivity index (χ0) is 16.9. The molecular weight excluding hydrogens is 307 g/mol. The summed E-state index contributed by atoms with van der Waals surface area (Å²) in [5.74, 6) is 0.151. The molecule has 122 valence electrons. The van der Waals surface area contributed by atoms with Gasteiger partial charge in [0, 0.05) is 24.5 Å². The summed E-state index contributed by atoms with van der Waals surface area (Å²) in [5, 5.41) is 3.60. The number of nitrogens with zero attached hydrogens (tertiary/aromatic N) is 3. The summed E-state index contributed by atoms with van der Waals surface area (Å²) in [7, 11) is 1.79. The molecule has 0 aliphatic rings. The van der Waals surface area contributed by atoms with Gasteiger partial charge in [0.25, 0.3) is 0 Å². The summed E-state index contributed by atoms with van der Waals surface area (Å²) in [6.45, 7) is 0.277. The summed E-state index contributed by atoms with van der Waals surface area (Å²) in [6.07, 6.45) is 1.48. The first-order valence-corrected chi connectivity index (χ1v) is 7.56. The molecule has 1 heterocycles. The van der Waals surface area contributed by atoms with Crippen molar-refractivity contribution in [2.75, 3.05) is 18.5 Å². The molecule has 0 saturated carbocycles. The van der Waals surface area contributed by atoms with Crippen LogP contribution in [-0.4, -0.2) is 29.5 Å². The number of anilines is 1. The van der Waals surface area contributed by atoms with Gasteiger partial charge in [-0.15, -0.1) is 0 Å². The molecule has 0 spiro atoms. The fraction of sp³-hybridized carbons (Fsp3) is 0.167. The highest BCUT2D eigenvalue weighted by atomic mass is 19.1. The smallest absolute Gasteiger partial charge is 0.239 e. The number of likely N-dealkylation sites (N-methyl/N-ethyl adjacent to an activating group) is 1.